The van der Waals surface area contributed by atoms with E-state index in [4.69, 9.17) is 4.74 Å². The number of nitrogens with zero attached hydrogens (tertiary/aromatic N) is 2. The van der Waals surface area contributed by atoms with Crippen molar-refractivity contribution in [3.8, 4) is 5.75 Å². The Kier molecular flexibility index (Phi) is 6.48. The maximum Gasteiger partial charge on any atom is 0.224 e. The average molecular weight is 340 g/mol. The van der Waals surface area contributed by atoms with Gasteiger partial charge in [-0.25, -0.2) is 4.98 Å². The van der Waals surface area contributed by atoms with Gasteiger partial charge in [-0.15, -0.1) is 0 Å². The van der Waals surface area contributed by atoms with Crippen LogP contribution in [0, 0.1) is 0 Å². The molecule has 0 atom stereocenters. The molecule has 5 nitrogen and oxygen atoms in total. The number of nitrogens with one attached hydrogen (secondary N) is 2. The van der Waals surface area contributed by atoms with E-state index < -0.39 is 0 Å². The zero-order chi connectivity index (χ0) is 17.3. The van der Waals surface area contributed by atoms with Crippen LogP contribution in [0.5, 0.6) is 5.75 Å². The van der Waals surface area contributed by atoms with Gasteiger partial charge in [0.15, 0.2) is 0 Å². The highest BCUT2D eigenvalue weighted by atomic mass is 16.5. The van der Waals surface area contributed by atoms with Crippen LogP contribution in [0.2, 0.25) is 0 Å². The molecule has 5 heteroatoms. The van der Waals surface area contributed by atoms with E-state index in [0.717, 1.165) is 30.5 Å². The third-order valence-electron chi connectivity index (χ3n) is 4.74. The molecule has 1 aliphatic rings. The first-order valence-electron chi connectivity index (χ1n) is 9.30. The normalized spacial score (nSPS) is 15.4. The highest BCUT2D eigenvalue weighted by Crippen LogP contribution is 2.20. The summed E-state index contributed by atoms with van der Waals surface area (Å²) < 4.78 is 5.40. The quantitative estimate of drug-likeness (QED) is 0.737. The van der Waals surface area contributed by atoms with Crippen molar-refractivity contribution in [3.05, 3.63) is 42.1 Å². The summed E-state index contributed by atoms with van der Waals surface area (Å²) in [5.41, 5.74) is 1.20. The van der Waals surface area contributed by atoms with Crippen molar-refractivity contribution >= 4 is 11.8 Å². The Morgan fingerprint density at radius 1 is 1.08 bits per heavy atom. The van der Waals surface area contributed by atoms with Gasteiger partial charge in [0, 0.05) is 18.8 Å². The molecule has 0 amide bonds. The van der Waals surface area contributed by atoms with Crippen LogP contribution in [-0.2, 0) is 6.42 Å². The summed E-state index contributed by atoms with van der Waals surface area (Å²) in [6.45, 7) is 0.806. The summed E-state index contributed by atoms with van der Waals surface area (Å²) in [6, 6.07) is 10.5. The zero-order valence-corrected chi connectivity index (χ0v) is 15.0. The molecule has 0 bridgehead atoms. The summed E-state index contributed by atoms with van der Waals surface area (Å²) in [4.78, 5) is 8.98. The molecule has 25 heavy (non-hydrogen) atoms. The van der Waals surface area contributed by atoms with Crippen molar-refractivity contribution in [1.29, 1.82) is 0 Å². The van der Waals surface area contributed by atoms with E-state index >= 15 is 0 Å². The van der Waals surface area contributed by atoms with Crippen LogP contribution in [0.4, 0.5) is 11.8 Å². The standard InChI is InChI=1S/C20H28N4O/c1-25-18-11-7-6-8-16(18)12-14-21-19-13-15-22-20(24-19)23-17-9-4-2-3-5-10-17/h6-8,11,13,15,17H,2-5,9-10,12,14H2,1H3,(H2,21,22,23,24). The number of hydrogen-bond acceptors (Lipinski definition) is 5. The van der Waals surface area contributed by atoms with Gasteiger partial charge in [-0.2, -0.15) is 4.98 Å². The third kappa shape index (κ3) is 5.34. The molecule has 0 saturated heterocycles. The molecule has 1 heterocycles. The SMILES string of the molecule is COc1ccccc1CCNc1ccnc(NC2CCCCCC2)n1. The Morgan fingerprint density at radius 2 is 1.88 bits per heavy atom. The lowest BCUT2D eigenvalue weighted by Gasteiger charge is -2.16. The first-order chi connectivity index (χ1) is 12.3. The second-order valence-corrected chi connectivity index (χ2v) is 6.59. The summed E-state index contributed by atoms with van der Waals surface area (Å²) in [6.07, 6.45) is 10.4. The van der Waals surface area contributed by atoms with Crippen molar-refractivity contribution in [1.82, 2.24) is 9.97 Å². The summed E-state index contributed by atoms with van der Waals surface area (Å²) in [7, 11) is 1.71. The van der Waals surface area contributed by atoms with Crippen LogP contribution in [0.15, 0.2) is 36.5 Å². The molecule has 134 valence electrons. The molecule has 1 aromatic carbocycles. The Morgan fingerprint density at radius 3 is 2.68 bits per heavy atom. The number of aromatic nitrogens is 2. The van der Waals surface area contributed by atoms with Crippen molar-refractivity contribution in [3.63, 3.8) is 0 Å². The van der Waals surface area contributed by atoms with Crippen LogP contribution >= 0.6 is 0 Å². The van der Waals surface area contributed by atoms with E-state index in [9.17, 15) is 0 Å². The number of hydrogen-bond donors (Lipinski definition) is 2. The molecule has 1 fully saturated rings. The number of rotatable bonds is 7. The van der Waals surface area contributed by atoms with Crippen molar-refractivity contribution in [2.24, 2.45) is 0 Å². The number of benzene rings is 1. The van der Waals surface area contributed by atoms with Gasteiger partial charge in [0.1, 0.15) is 11.6 Å². The largest absolute Gasteiger partial charge is 0.496 e. The first-order valence-corrected chi connectivity index (χ1v) is 9.30. The molecule has 0 aliphatic heterocycles. The molecule has 1 aliphatic carbocycles. The second kappa shape index (κ2) is 9.25. The molecular formula is C20H28N4O. The maximum atomic E-state index is 5.40. The Labute approximate surface area is 150 Å². The number of ether oxygens (including phenoxy) is 1. The van der Waals surface area contributed by atoms with Crippen molar-refractivity contribution in [2.45, 2.75) is 51.0 Å². The minimum absolute atomic E-state index is 0.506. The summed E-state index contributed by atoms with van der Waals surface area (Å²) >= 11 is 0. The van der Waals surface area contributed by atoms with Gasteiger partial charge < -0.3 is 15.4 Å². The predicted molar refractivity (Wildman–Crippen MR) is 102 cm³/mol. The Bertz CT molecular complexity index is 654. The summed E-state index contributed by atoms with van der Waals surface area (Å²) in [5.74, 6) is 2.53. The van der Waals surface area contributed by atoms with Crippen LogP contribution in [-0.4, -0.2) is 29.7 Å². The van der Waals surface area contributed by atoms with E-state index in [2.05, 4.69) is 26.7 Å². The van der Waals surface area contributed by atoms with E-state index in [-0.39, 0.29) is 0 Å². The predicted octanol–water partition coefficient (Wildman–Crippen LogP) is 4.27. The fraction of sp³-hybridized carbons (Fsp3) is 0.500. The van der Waals surface area contributed by atoms with Gasteiger partial charge in [0.25, 0.3) is 0 Å². The van der Waals surface area contributed by atoms with Gasteiger partial charge in [0.05, 0.1) is 7.11 Å². The molecule has 2 aromatic rings. The highest BCUT2D eigenvalue weighted by molar-refractivity contribution is 5.41. The van der Waals surface area contributed by atoms with Gasteiger partial charge in [-0.3, -0.25) is 0 Å². The lowest BCUT2D eigenvalue weighted by molar-refractivity contribution is 0.410. The average Bonchev–Trinajstić information content (AvgIpc) is 2.91. The van der Waals surface area contributed by atoms with Gasteiger partial charge in [-0.05, 0) is 37.0 Å². The lowest BCUT2D eigenvalue weighted by atomic mass is 10.1. The fourth-order valence-electron chi connectivity index (χ4n) is 3.37. The van der Waals surface area contributed by atoms with Gasteiger partial charge in [-0.1, -0.05) is 43.9 Å². The maximum absolute atomic E-state index is 5.40. The molecular weight excluding hydrogens is 312 g/mol. The molecule has 1 aromatic heterocycles. The highest BCUT2D eigenvalue weighted by Gasteiger charge is 2.13. The number of methoxy groups -OCH3 is 1. The molecule has 2 N–H and O–H groups in total. The van der Waals surface area contributed by atoms with Crippen LogP contribution in [0.1, 0.15) is 44.1 Å². The number of para-hydroxylation sites is 1. The molecule has 1 saturated carbocycles. The van der Waals surface area contributed by atoms with E-state index in [1.807, 2.05) is 30.5 Å². The minimum Gasteiger partial charge on any atom is -0.496 e. The van der Waals surface area contributed by atoms with E-state index in [1.54, 1.807) is 7.11 Å². The first kappa shape index (κ1) is 17.5. The van der Waals surface area contributed by atoms with Gasteiger partial charge >= 0.3 is 0 Å². The van der Waals surface area contributed by atoms with Crippen molar-refractivity contribution < 1.29 is 4.74 Å². The molecule has 0 radical (unpaired) electrons. The van der Waals surface area contributed by atoms with Crippen molar-refractivity contribution in [2.75, 3.05) is 24.3 Å². The van der Waals surface area contributed by atoms with E-state index in [1.165, 1.54) is 44.1 Å². The third-order valence-corrected chi connectivity index (χ3v) is 4.74. The smallest absolute Gasteiger partial charge is 0.224 e. The summed E-state index contributed by atoms with van der Waals surface area (Å²) in [5, 5.41) is 6.89. The topological polar surface area (TPSA) is 59.1 Å². The molecule has 3 rings (SSSR count). The zero-order valence-electron chi connectivity index (χ0n) is 15.0. The van der Waals surface area contributed by atoms with Gasteiger partial charge in [0.2, 0.25) is 5.95 Å². The monoisotopic (exact) mass is 340 g/mol. The molecule has 0 unspecified atom stereocenters. The van der Waals surface area contributed by atoms with Crippen LogP contribution < -0.4 is 15.4 Å². The van der Waals surface area contributed by atoms with E-state index in [0.29, 0.717) is 6.04 Å². The fourth-order valence-corrected chi connectivity index (χ4v) is 3.37. The second-order valence-electron chi connectivity index (χ2n) is 6.59. The Hall–Kier alpha value is -2.30. The molecule has 0 spiro atoms. The van der Waals surface area contributed by atoms with Crippen LogP contribution in [0.3, 0.4) is 0 Å². The lowest BCUT2D eigenvalue weighted by Crippen LogP contribution is -2.20. The minimum atomic E-state index is 0.506. The van der Waals surface area contributed by atoms with Crippen LogP contribution in [0.25, 0.3) is 0 Å². The Balaban J connectivity index is 1.52. The number of anilines is 2.